The van der Waals surface area contributed by atoms with Gasteiger partial charge in [-0.1, -0.05) is 36.9 Å². The molecule has 32 heavy (non-hydrogen) atoms. The highest BCUT2D eigenvalue weighted by Gasteiger charge is 2.60. The van der Waals surface area contributed by atoms with Gasteiger partial charge < -0.3 is 14.7 Å². The number of nitro benzene ring substituents is 1. The summed E-state index contributed by atoms with van der Waals surface area (Å²) in [4.78, 5) is 39.3. The predicted molar refractivity (Wildman–Crippen MR) is 117 cm³/mol. The Bertz CT molecular complexity index is 1080. The van der Waals surface area contributed by atoms with Crippen LogP contribution < -0.4 is 0 Å². The number of carbonyl (C=O) groups is 2. The van der Waals surface area contributed by atoms with Crippen LogP contribution in [0.2, 0.25) is 0 Å². The average molecular weight is 455 g/mol. The molecule has 0 bridgehead atoms. The second kappa shape index (κ2) is 8.76. The smallest absolute Gasteiger partial charge is 0.356 e. The largest absolute Gasteiger partial charge is 0.456 e. The van der Waals surface area contributed by atoms with Crippen molar-refractivity contribution < 1.29 is 24.4 Å². The molecule has 1 saturated heterocycles. The number of carbonyl (C=O) groups excluding carboxylic acids is 2. The number of β-lactam (4-membered cyclic amide) rings is 1. The van der Waals surface area contributed by atoms with Crippen LogP contribution in [-0.2, 0) is 20.9 Å². The summed E-state index contributed by atoms with van der Waals surface area (Å²) < 4.78 is 5.49. The number of thioether (sulfide) groups is 1. The van der Waals surface area contributed by atoms with Crippen LogP contribution in [0.25, 0.3) is 0 Å². The van der Waals surface area contributed by atoms with Gasteiger partial charge in [-0.2, -0.15) is 0 Å². The van der Waals surface area contributed by atoms with Crippen LogP contribution in [0.3, 0.4) is 0 Å². The van der Waals surface area contributed by atoms with Gasteiger partial charge in [0.25, 0.3) is 5.69 Å². The first kappa shape index (κ1) is 22.0. The number of amides is 1. The number of non-ortho nitro benzene ring substituents is 1. The molecule has 2 aliphatic rings. The fourth-order valence-electron chi connectivity index (χ4n) is 4.19. The van der Waals surface area contributed by atoms with E-state index in [1.54, 1.807) is 6.92 Å². The molecule has 2 aromatic rings. The van der Waals surface area contributed by atoms with E-state index in [4.69, 9.17) is 4.74 Å². The fourth-order valence-corrected chi connectivity index (χ4v) is 5.34. The van der Waals surface area contributed by atoms with Gasteiger partial charge in [0, 0.05) is 27.9 Å². The zero-order chi connectivity index (χ0) is 23.0. The normalized spacial score (nSPS) is 22.9. The minimum absolute atomic E-state index is 0.0490. The van der Waals surface area contributed by atoms with Crippen molar-refractivity contribution in [2.45, 2.75) is 37.5 Å². The van der Waals surface area contributed by atoms with Gasteiger partial charge in [0.05, 0.1) is 23.0 Å². The van der Waals surface area contributed by atoms with E-state index in [9.17, 15) is 24.8 Å². The molecule has 4 unspecified atom stereocenters. The summed E-state index contributed by atoms with van der Waals surface area (Å²) in [6, 6.07) is 15.0. The monoisotopic (exact) mass is 454 g/mol. The van der Waals surface area contributed by atoms with Gasteiger partial charge in [0.2, 0.25) is 5.91 Å². The molecular formula is C23H22N2O6S. The van der Waals surface area contributed by atoms with Gasteiger partial charge in [0.1, 0.15) is 12.3 Å². The van der Waals surface area contributed by atoms with Gasteiger partial charge in [-0.05, 0) is 36.8 Å². The lowest BCUT2D eigenvalue weighted by molar-refractivity contribution is -0.384. The van der Waals surface area contributed by atoms with E-state index in [0.29, 0.717) is 5.56 Å². The number of rotatable bonds is 7. The maximum Gasteiger partial charge on any atom is 0.356 e. The number of benzene rings is 2. The molecule has 0 aromatic heterocycles. The molecule has 1 N–H and O–H groups in total. The van der Waals surface area contributed by atoms with Crippen molar-refractivity contribution in [2.75, 3.05) is 0 Å². The summed E-state index contributed by atoms with van der Waals surface area (Å²) in [6.45, 7) is 3.45. The Labute approximate surface area is 189 Å². The lowest BCUT2D eigenvalue weighted by Gasteiger charge is -2.46. The Hall–Kier alpha value is -3.17. The van der Waals surface area contributed by atoms with Gasteiger partial charge in [-0.15, -0.1) is 0 Å². The molecular weight excluding hydrogens is 432 g/mol. The maximum atomic E-state index is 13.1. The molecule has 2 aromatic carbocycles. The minimum atomic E-state index is -0.815. The number of fused-ring (bicyclic) bond motifs is 1. The molecule has 0 saturated carbocycles. The van der Waals surface area contributed by atoms with Crippen molar-refractivity contribution >= 4 is 29.3 Å². The lowest BCUT2D eigenvalue weighted by atomic mass is 9.79. The predicted octanol–water partition coefficient (Wildman–Crippen LogP) is 3.50. The zero-order valence-corrected chi connectivity index (χ0v) is 18.3. The SMILES string of the molecule is CC(O)C1C(=O)N2C(C(=O)OCc3ccc([N+](=O)[O-])cc3)=C(Sc3ccccc3)C(C)C12. The average Bonchev–Trinajstić information content (AvgIpc) is 3.01. The highest BCUT2D eigenvalue weighted by Crippen LogP contribution is 2.52. The highest BCUT2D eigenvalue weighted by molar-refractivity contribution is 8.03. The summed E-state index contributed by atoms with van der Waals surface area (Å²) >= 11 is 1.41. The van der Waals surface area contributed by atoms with Crippen LogP contribution in [0.15, 0.2) is 70.1 Å². The molecule has 2 aliphatic heterocycles. The molecule has 1 amide bonds. The first-order valence-corrected chi connectivity index (χ1v) is 11.0. The number of esters is 1. The lowest BCUT2D eigenvalue weighted by Crippen LogP contribution is -2.63. The van der Waals surface area contributed by atoms with Crippen molar-refractivity contribution in [1.29, 1.82) is 0 Å². The van der Waals surface area contributed by atoms with Crippen molar-refractivity contribution in [3.63, 3.8) is 0 Å². The molecule has 4 atom stereocenters. The van der Waals surface area contributed by atoms with Crippen LogP contribution in [0, 0.1) is 22.0 Å². The Morgan fingerprint density at radius 3 is 2.47 bits per heavy atom. The quantitative estimate of drug-likeness (QED) is 0.295. The molecule has 166 valence electrons. The molecule has 1 fully saturated rings. The third-order valence-corrected chi connectivity index (χ3v) is 7.08. The van der Waals surface area contributed by atoms with E-state index in [1.165, 1.54) is 40.9 Å². The van der Waals surface area contributed by atoms with Gasteiger partial charge in [0.15, 0.2) is 0 Å². The topological polar surface area (TPSA) is 110 Å². The zero-order valence-electron chi connectivity index (χ0n) is 17.5. The molecule has 2 heterocycles. The van der Waals surface area contributed by atoms with Crippen LogP contribution in [0.4, 0.5) is 5.69 Å². The van der Waals surface area contributed by atoms with E-state index < -0.39 is 22.9 Å². The van der Waals surface area contributed by atoms with Gasteiger partial charge in [-0.25, -0.2) is 4.79 Å². The van der Waals surface area contributed by atoms with Crippen molar-refractivity contribution in [1.82, 2.24) is 4.90 Å². The standard InChI is InChI=1S/C23H22N2O6S/c1-13-19-18(14(2)26)22(27)24(19)20(21(13)32-17-6-4-3-5-7-17)23(28)31-12-15-8-10-16(11-9-15)25(29)30/h3-11,13-14,18-19,26H,12H2,1-2H3. The van der Waals surface area contributed by atoms with E-state index in [0.717, 1.165) is 9.80 Å². The number of aliphatic hydroxyl groups is 1. The van der Waals surface area contributed by atoms with Gasteiger partial charge >= 0.3 is 5.97 Å². The Morgan fingerprint density at radius 1 is 1.22 bits per heavy atom. The van der Waals surface area contributed by atoms with E-state index in [-0.39, 0.29) is 35.9 Å². The second-order valence-corrected chi connectivity index (χ2v) is 9.00. The molecule has 0 spiro atoms. The molecule has 0 aliphatic carbocycles. The summed E-state index contributed by atoms with van der Waals surface area (Å²) in [5.41, 5.74) is 0.758. The third-order valence-electron chi connectivity index (χ3n) is 5.79. The molecule has 8 nitrogen and oxygen atoms in total. The van der Waals surface area contributed by atoms with Crippen LogP contribution in [0.1, 0.15) is 19.4 Å². The Kier molecular flexibility index (Phi) is 6.03. The summed E-state index contributed by atoms with van der Waals surface area (Å²) in [7, 11) is 0. The first-order valence-electron chi connectivity index (χ1n) is 10.2. The van der Waals surface area contributed by atoms with Gasteiger partial charge in [-0.3, -0.25) is 14.9 Å². The number of ether oxygens (including phenoxy) is 1. The van der Waals surface area contributed by atoms with Crippen LogP contribution in [-0.4, -0.2) is 39.0 Å². The van der Waals surface area contributed by atoms with Crippen LogP contribution in [0.5, 0.6) is 0 Å². The Balaban J connectivity index is 1.58. The summed E-state index contributed by atoms with van der Waals surface area (Å²) in [6.07, 6.45) is -0.815. The number of aliphatic hydroxyl groups excluding tert-OH is 1. The number of hydrogen-bond acceptors (Lipinski definition) is 7. The first-order chi connectivity index (χ1) is 15.3. The minimum Gasteiger partial charge on any atom is -0.456 e. The fraction of sp³-hybridized carbons (Fsp3) is 0.304. The summed E-state index contributed by atoms with van der Waals surface area (Å²) in [5.74, 6) is -1.62. The molecule has 9 heteroatoms. The number of nitrogens with zero attached hydrogens (tertiary/aromatic N) is 2. The number of hydrogen-bond donors (Lipinski definition) is 1. The third kappa shape index (κ3) is 3.89. The molecule has 0 radical (unpaired) electrons. The van der Waals surface area contributed by atoms with E-state index in [1.807, 2.05) is 37.3 Å². The van der Waals surface area contributed by atoms with Crippen molar-refractivity contribution in [3.8, 4) is 0 Å². The molecule has 4 rings (SSSR count). The number of nitro groups is 1. The van der Waals surface area contributed by atoms with Crippen LogP contribution >= 0.6 is 11.8 Å². The second-order valence-electron chi connectivity index (χ2n) is 7.88. The van der Waals surface area contributed by atoms with E-state index in [2.05, 4.69) is 0 Å². The maximum absolute atomic E-state index is 13.1. The van der Waals surface area contributed by atoms with E-state index >= 15 is 0 Å². The summed E-state index contributed by atoms with van der Waals surface area (Å²) in [5, 5.41) is 20.9. The van der Waals surface area contributed by atoms with Crippen molar-refractivity contribution in [2.24, 2.45) is 11.8 Å². The highest BCUT2D eigenvalue weighted by atomic mass is 32.2. The Morgan fingerprint density at radius 2 is 1.88 bits per heavy atom. The van der Waals surface area contributed by atoms with Crippen molar-refractivity contribution in [3.05, 3.63) is 80.9 Å².